The Kier molecular flexibility index (Phi) is 4.17. The summed E-state index contributed by atoms with van der Waals surface area (Å²) in [5, 5.41) is 2.69. The summed E-state index contributed by atoms with van der Waals surface area (Å²) in [4.78, 5) is 36.5. The van der Waals surface area contributed by atoms with Crippen molar-refractivity contribution < 1.29 is 14.4 Å². The van der Waals surface area contributed by atoms with E-state index in [4.69, 9.17) is 0 Å². The molecule has 1 aromatic rings. The fraction of sp³-hybridized carbons (Fsp3) is 0.400. The van der Waals surface area contributed by atoms with Crippen molar-refractivity contribution in [3.8, 4) is 0 Å². The maximum absolute atomic E-state index is 12.3. The number of amides is 2. The highest BCUT2D eigenvalue weighted by atomic mass is 16.2. The molecule has 0 aromatic heterocycles. The molecule has 1 aromatic carbocycles. The minimum Gasteiger partial charge on any atom is -0.326 e. The van der Waals surface area contributed by atoms with E-state index in [2.05, 4.69) is 5.32 Å². The molecule has 1 aliphatic heterocycles. The third-order valence-corrected chi connectivity index (χ3v) is 3.41. The molecule has 0 unspecified atom stereocenters. The number of anilines is 2. The number of benzene rings is 1. The van der Waals surface area contributed by atoms with Gasteiger partial charge in [-0.2, -0.15) is 0 Å². The average molecular weight is 274 g/mol. The van der Waals surface area contributed by atoms with Crippen molar-refractivity contribution in [1.29, 1.82) is 0 Å². The lowest BCUT2D eigenvalue weighted by molar-refractivity contribution is -0.132. The van der Waals surface area contributed by atoms with Crippen LogP contribution >= 0.6 is 0 Å². The summed E-state index contributed by atoms with van der Waals surface area (Å²) in [6.07, 6.45) is 1.43. The first-order valence-electron chi connectivity index (χ1n) is 6.68. The molecule has 1 N–H and O–H groups in total. The number of carbonyl (C=O) groups excluding carboxylic acids is 3. The van der Waals surface area contributed by atoms with E-state index >= 15 is 0 Å². The smallest absolute Gasteiger partial charge is 0.237 e. The van der Waals surface area contributed by atoms with Gasteiger partial charge in [0.15, 0.2) is 0 Å². The molecule has 0 aliphatic carbocycles. The van der Waals surface area contributed by atoms with Crippen molar-refractivity contribution in [3.05, 3.63) is 24.3 Å². The maximum atomic E-state index is 12.3. The van der Waals surface area contributed by atoms with Crippen LogP contribution in [0.3, 0.4) is 0 Å². The largest absolute Gasteiger partial charge is 0.326 e. The highest BCUT2D eigenvalue weighted by molar-refractivity contribution is 6.08. The number of nitrogens with one attached hydrogen (secondary N) is 1. The van der Waals surface area contributed by atoms with Gasteiger partial charge in [0.1, 0.15) is 5.78 Å². The lowest BCUT2D eigenvalue weighted by atomic mass is 9.93. The lowest BCUT2D eigenvalue weighted by Crippen LogP contribution is -2.43. The predicted molar refractivity (Wildman–Crippen MR) is 76.5 cm³/mol. The second-order valence-corrected chi connectivity index (χ2v) is 5.03. The van der Waals surface area contributed by atoms with Crippen LogP contribution in [0.4, 0.5) is 11.4 Å². The zero-order valence-corrected chi connectivity index (χ0v) is 11.7. The molecule has 0 bridgehead atoms. The molecule has 20 heavy (non-hydrogen) atoms. The minimum atomic E-state index is -0.534. The zero-order chi connectivity index (χ0) is 14.7. The SMILES string of the molecule is CC(=O)Nc1cccc(N2CCC[C@@H](C(C)=O)C2=O)c1. The Morgan fingerprint density at radius 1 is 1.30 bits per heavy atom. The van der Waals surface area contributed by atoms with Gasteiger partial charge in [-0.25, -0.2) is 0 Å². The molecule has 2 rings (SSSR count). The van der Waals surface area contributed by atoms with Crippen molar-refractivity contribution in [2.75, 3.05) is 16.8 Å². The summed E-state index contributed by atoms with van der Waals surface area (Å²) >= 11 is 0. The molecular weight excluding hydrogens is 256 g/mol. The molecule has 0 saturated carbocycles. The van der Waals surface area contributed by atoms with E-state index in [1.807, 2.05) is 6.07 Å². The van der Waals surface area contributed by atoms with Gasteiger partial charge in [0.2, 0.25) is 11.8 Å². The van der Waals surface area contributed by atoms with E-state index in [-0.39, 0.29) is 17.6 Å². The molecule has 0 radical (unpaired) electrons. The number of hydrogen-bond donors (Lipinski definition) is 1. The Balaban J connectivity index is 2.24. The third-order valence-electron chi connectivity index (χ3n) is 3.41. The van der Waals surface area contributed by atoms with Gasteiger partial charge < -0.3 is 10.2 Å². The van der Waals surface area contributed by atoms with E-state index < -0.39 is 5.92 Å². The van der Waals surface area contributed by atoms with Gasteiger partial charge in [-0.15, -0.1) is 0 Å². The summed E-state index contributed by atoms with van der Waals surface area (Å²) in [6.45, 7) is 3.50. The molecule has 106 valence electrons. The van der Waals surface area contributed by atoms with E-state index in [1.54, 1.807) is 23.1 Å². The first-order chi connectivity index (χ1) is 9.49. The standard InChI is InChI=1S/C15H18N2O3/c1-10(18)14-7-4-8-17(15(14)20)13-6-3-5-12(9-13)16-11(2)19/h3,5-6,9,14H,4,7-8H2,1-2H3,(H,16,19)/t14-/m0/s1. The second kappa shape index (κ2) is 5.86. The van der Waals surface area contributed by atoms with Crippen LogP contribution < -0.4 is 10.2 Å². The Morgan fingerprint density at radius 2 is 2.05 bits per heavy atom. The van der Waals surface area contributed by atoms with Crippen molar-refractivity contribution in [3.63, 3.8) is 0 Å². The Morgan fingerprint density at radius 3 is 2.70 bits per heavy atom. The number of rotatable bonds is 3. The van der Waals surface area contributed by atoms with Crippen molar-refractivity contribution in [2.24, 2.45) is 5.92 Å². The highest BCUT2D eigenvalue weighted by Gasteiger charge is 2.32. The molecule has 1 aliphatic rings. The van der Waals surface area contributed by atoms with Gasteiger partial charge in [0.05, 0.1) is 5.92 Å². The van der Waals surface area contributed by atoms with E-state index in [0.717, 1.165) is 6.42 Å². The summed E-state index contributed by atoms with van der Waals surface area (Å²) in [7, 11) is 0. The summed E-state index contributed by atoms with van der Waals surface area (Å²) in [5.41, 5.74) is 1.36. The number of nitrogens with zero attached hydrogens (tertiary/aromatic N) is 1. The van der Waals surface area contributed by atoms with Crippen molar-refractivity contribution >= 4 is 29.0 Å². The normalized spacial score (nSPS) is 18.8. The topological polar surface area (TPSA) is 66.5 Å². The molecule has 1 saturated heterocycles. The van der Waals surface area contributed by atoms with Gasteiger partial charge in [-0.1, -0.05) is 6.07 Å². The van der Waals surface area contributed by atoms with E-state index in [9.17, 15) is 14.4 Å². The Labute approximate surface area is 118 Å². The fourth-order valence-electron chi connectivity index (χ4n) is 2.46. The predicted octanol–water partition coefficient (Wildman–Crippen LogP) is 1.98. The molecule has 5 heteroatoms. The van der Waals surface area contributed by atoms with E-state index in [1.165, 1.54) is 13.8 Å². The molecule has 5 nitrogen and oxygen atoms in total. The number of hydrogen-bond acceptors (Lipinski definition) is 3. The van der Waals surface area contributed by atoms with Crippen LogP contribution in [-0.4, -0.2) is 24.1 Å². The molecule has 1 atom stereocenters. The summed E-state index contributed by atoms with van der Waals surface area (Å²) in [6, 6.07) is 7.11. The number of ketones is 1. The Hall–Kier alpha value is -2.17. The minimum absolute atomic E-state index is 0.0854. The Bertz CT molecular complexity index is 554. The summed E-state index contributed by atoms with van der Waals surface area (Å²) < 4.78 is 0. The average Bonchev–Trinajstić information content (AvgIpc) is 2.38. The highest BCUT2D eigenvalue weighted by Crippen LogP contribution is 2.27. The molecule has 1 fully saturated rings. The molecule has 2 amide bonds. The third kappa shape index (κ3) is 3.04. The first kappa shape index (κ1) is 14.2. The van der Waals surface area contributed by atoms with Crippen molar-refractivity contribution in [1.82, 2.24) is 0 Å². The fourth-order valence-corrected chi connectivity index (χ4v) is 2.46. The van der Waals surface area contributed by atoms with Crippen LogP contribution in [0.1, 0.15) is 26.7 Å². The molecular formula is C15H18N2O3. The number of carbonyl (C=O) groups is 3. The molecule has 1 heterocycles. The van der Waals surface area contributed by atoms with Gasteiger partial charge in [0.25, 0.3) is 0 Å². The lowest BCUT2D eigenvalue weighted by Gasteiger charge is -2.31. The quantitative estimate of drug-likeness (QED) is 0.857. The molecule has 0 spiro atoms. The first-order valence-corrected chi connectivity index (χ1v) is 6.68. The van der Waals surface area contributed by atoms with Gasteiger partial charge >= 0.3 is 0 Å². The van der Waals surface area contributed by atoms with Crippen LogP contribution in [0.2, 0.25) is 0 Å². The van der Waals surface area contributed by atoms with Gasteiger partial charge in [-0.05, 0) is 38.0 Å². The second-order valence-electron chi connectivity index (χ2n) is 5.03. The van der Waals surface area contributed by atoms with Crippen LogP contribution in [0.15, 0.2) is 24.3 Å². The van der Waals surface area contributed by atoms with Gasteiger partial charge in [0, 0.05) is 24.8 Å². The van der Waals surface area contributed by atoms with Crippen LogP contribution in [0.25, 0.3) is 0 Å². The maximum Gasteiger partial charge on any atom is 0.237 e. The number of Topliss-reactive ketones (excluding diaryl/α,β-unsaturated/α-hetero) is 1. The number of piperidine rings is 1. The van der Waals surface area contributed by atoms with E-state index in [0.29, 0.717) is 24.3 Å². The monoisotopic (exact) mass is 274 g/mol. The van der Waals surface area contributed by atoms with Crippen LogP contribution in [0, 0.1) is 5.92 Å². The van der Waals surface area contributed by atoms with Crippen LogP contribution in [-0.2, 0) is 14.4 Å². The summed E-state index contributed by atoms with van der Waals surface area (Å²) in [5.74, 6) is -0.927. The van der Waals surface area contributed by atoms with Crippen molar-refractivity contribution in [2.45, 2.75) is 26.7 Å². The van der Waals surface area contributed by atoms with Crippen LogP contribution in [0.5, 0.6) is 0 Å². The zero-order valence-electron chi connectivity index (χ0n) is 11.7. The van der Waals surface area contributed by atoms with Gasteiger partial charge in [-0.3, -0.25) is 14.4 Å².